The summed E-state index contributed by atoms with van der Waals surface area (Å²) in [6.07, 6.45) is -2.55. The third kappa shape index (κ3) is 5.78. The van der Waals surface area contributed by atoms with Gasteiger partial charge in [-0.3, -0.25) is 0 Å². The minimum Gasteiger partial charge on any atom is -0.394 e. The quantitative estimate of drug-likeness (QED) is 0.351. The van der Waals surface area contributed by atoms with Crippen molar-refractivity contribution in [2.24, 2.45) is 0 Å². The van der Waals surface area contributed by atoms with Gasteiger partial charge >= 0.3 is 0 Å². The molecule has 1 saturated heterocycles. The second-order valence-electron chi connectivity index (χ2n) is 5.51. The molecule has 1 unspecified atom stereocenters. The highest BCUT2D eigenvalue weighted by Crippen LogP contribution is 2.22. The largest absolute Gasteiger partial charge is 0.394 e. The van der Waals surface area contributed by atoms with Crippen LogP contribution in [0.1, 0.15) is 39.0 Å². The van der Waals surface area contributed by atoms with Crippen LogP contribution < -0.4 is 0 Å². The van der Waals surface area contributed by atoms with Crippen molar-refractivity contribution in [3.63, 3.8) is 0 Å². The van der Waals surface area contributed by atoms with Crippen molar-refractivity contribution < 1.29 is 35.0 Å². The second kappa shape index (κ2) is 9.68. The number of aliphatic hydroxyl groups is 5. The molecule has 1 aliphatic rings. The SMILES string of the molecule is CCCCCC(O)CCO[C@@H]1O[C@H](CO)[C@@H](O)[C@H](O)[C@H]1O. The van der Waals surface area contributed by atoms with E-state index in [4.69, 9.17) is 14.6 Å². The Hall–Kier alpha value is -0.280. The monoisotopic (exact) mass is 308 g/mol. The molecular weight excluding hydrogens is 280 g/mol. The Kier molecular flexibility index (Phi) is 8.65. The van der Waals surface area contributed by atoms with Crippen molar-refractivity contribution in [2.75, 3.05) is 13.2 Å². The molecule has 6 atom stereocenters. The van der Waals surface area contributed by atoms with E-state index < -0.39 is 43.4 Å². The predicted molar refractivity (Wildman–Crippen MR) is 74.5 cm³/mol. The molecule has 1 heterocycles. The molecule has 1 rings (SSSR count). The molecule has 0 spiro atoms. The first kappa shape index (κ1) is 18.8. The van der Waals surface area contributed by atoms with E-state index in [9.17, 15) is 20.4 Å². The van der Waals surface area contributed by atoms with E-state index in [1.54, 1.807) is 0 Å². The summed E-state index contributed by atoms with van der Waals surface area (Å²) < 4.78 is 10.5. The van der Waals surface area contributed by atoms with E-state index in [2.05, 4.69) is 6.92 Å². The standard InChI is InChI=1S/C14H28O7/c1-2-3-4-5-9(16)6-7-20-14-13(19)12(18)11(17)10(8-15)21-14/h9-19H,2-8H2,1H3/t9?,10-,11-,12+,13-,14-/m1/s1. The maximum Gasteiger partial charge on any atom is 0.186 e. The van der Waals surface area contributed by atoms with E-state index in [-0.39, 0.29) is 6.61 Å². The molecule has 5 N–H and O–H groups in total. The molecule has 0 saturated carbocycles. The molecule has 0 aliphatic carbocycles. The first-order valence-electron chi connectivity index (χ1n) is 7.61. The van der Waals surface area contributed by atoms with Crippen LogP contribution in [0.15, 0.2) is 0 Å². The second-order valence-corrected chi connectivity index (χ2v) is 5.51. The van der Waals surface area contributed by atoms with Crippen LogP contribution in [0.2, 0.25) is 0 Å². The van der Waals surface area contributed by atoms with Crippen molar-refractivity contribution >= 4 is 0 Å². The summed E-state index contributed by atoms with van der Waals surface area (Å²) >= 11 is 0. The van der Waals surface area contributed by atoms with Gasteiger partial charge in [0.25, 0.3) is 0 Å². The maximum absolute atomic E-state index is 9.76. The minimum atomic E-state index is -1.43. The number of hydrogen-bond acceptors (Lipinski definition) is 7. The molecule has 0 aromatic heterocycles. The van der Waals surface area contributed by atoms with Gasteiger partial charge in [0.2, 0.25) is 0 Å². The summed E-state index contributed by atoms with van der Waals surface area (Å²) in [4.78, 5) is 0. The van der Waals surface area contributed by atoms with Crippen molar-refractivity contribution in [1.82, 2.24) is 0 Å². The summed E-state index contributed by atoms with van der Waals surface area (Å²) in [5.41, 5.74) is 0. The Morgan fingerprint density at radius 1 is 1.05 bits per heavy atom. The lowest BCUT2D eigenvalue weighted by Crippen LogP contribution is -2.59. The van der Waals surface area contributed by atoms with Crippen LogP contribution >= 0.6 is 0 Å². The average Bonchev–Trinajstić information content (AvgIpc) is 2.47. The summed E-state index contributed by atoms with van der Waals surface area (Å²) in [5.74, 6) is 0. The zero-order chi connectivity index (χ0) is 15.8. The van der Waals surface area contributed by atoms with Crippen LogP contribution in [0.25, 0.3) is 0 Å². The summed E-state index contributed by atoms with van der Waals surface area (Å²) in [6, 6.07) is 0. The average molecular weight is 308 g/mol. The smallest absolute Gasteiger partial charge is 0.186 e. The van der Waals surface area contributed by atoms with Crippen LogP contribution in [0.5, 0.6) is 0 Å². The maximum atomic E-state index is 9.76. The van der Waals surface area contributed by atoms with Crippen molar-refractivity contribution in [3.8, 4) is 0 Å². The van der Waals surface area contributed by atoms with Gasteiger partial charge in [0, 0.05) is 0 Å². The lowest BCUT2D eigenvalue weighted by Gasteiger charge is -2.39. The molecule has 0 bridgehead atoms. The molecule has 7 nitrogen and oxygen atoms in total. The molecule has 21 heavy (non-hydrogen) atoms. The molecule has 0 amide bonds. The molecule has 0 radical (unpaired) electrons. The zero-order valence-electron chi connectivity index (χ0n) is 12.5. The van der Waals surface area contributed by atoms with Gasteiger partial charge in [-0.2, -0.15) is 0 Å². The minimum absolute atomic E-state index is 0.163. The van der Waals surface area contributed by atoms with Crippen LogP contribution in [0, 0.1) is 0 Å². The molecule has 1 fully saturated rings. The first-order chi connectivity index (χ1) is 10.0. The topological polar surface area (TPSA) is 120 Å². The highest BCUT2D eigenvalue weighted by molar-refractivity contribution is 4.88. The van der Waals surface area contributed by atoms with Gasteiger partial charge in [0.15, 0.2) is 6.29 Å². The Bertz CT molecular complexity index is 274. The number of rotatable bonds is 9. The normalized spacial score (nSPS) is 34.9. The van der Waals surface area contributed by atoms with Gasteiger partial charge < -0.3 is 35.0 Å². The van der Waals surface area contributed by atoms with Crippen LogP contribution in [0.4, 0.5) is 0 Å². The van der Waals surface area contributed by atoms with Gasteiger partial charge in [0.1, 0.15) is 24.4 Å². The van der Waals surface area contributed by atoms with Gasteiger partial charge in [0.05, 0.1) is 19.3 Å². The molecule has 7 heteroatoms. The highest BCUT2D eigenvalue weighted by Gasteiger charge is 2.43. The molecule has 126 valence electrons. The fraction of sp³-hybridized carbons (Fsp3) is 1.00. The van der Waals surface area contributed by atoms with Crippen molar-refractivity contribution in [2.45, 2.75) is 75.8 Å². The number of unbranched alkanes of at least 4 members (excludes halogenated alkanes) is 2. The van der Waals surface area contributed by atoms with E-state index in [0.717, 1.165) is 19.3 Å². The Labute approximate surface area is 125 Å². The number of aliphatic hydroxyl groups excluding tert-OH is 5. The van der Waals surface area contributed by atoms with Gasteiger partial charge in [-0.05, 0) is 12.8 Å². The number of ether oxygens (including phenoxy) is 2. The fourth-order valence-electron chi connectivity index (χ4n) is 2.30. The van der Waals surface area contributed by atoms with Gasteiger partial charge in [-0.25, -0.2) is 0 Å². The van der Waals surface area contributed by atoms with Crippen LogP contribution in [0.3, 0.4) is 0 Å². The third-order valence-electron chi connectivity index (χ3n) is 3.72. The van der Waals surface area contributed by atoms with Crippen LogP contribution in [-0.2, 0) is 9.47 Å². The van der Waals surface area contributed by atoms with E-state index in [1.807, 2.05) is 0 Å². The van der Waals surface area contributed by atoms with Crippen LogP contribution in [-0.4, -0.2) is 75.6 Å². The van der Waals surface area contributed by atoms with Crippen molar-refractivity contribution in [1.29, 1.82) is 0 Å². The Balaban J connectivity index is 2.30. The van der Waals surface area contributed by atoms with E-state index in [0.29, 0.717) is 12.8 Å². The van der Waals surface area contributed by atoms with E-state index in [1.165, 1.54) is 0 Å². The van der Waals surface area contributed by atoms with Gasteiger partial charge in [-0.1, -0.05) is 26.2 Å². The zero-order valence-corrected chi connectivity index (χ0v) is 12.5. The first-order valence-corrected chi connectivity index (χ1v) is 7.61. The number of hydrogen-bond donors (Lipinski definition) is 5. The van der Waals surface area contributed by atoms with Gasteiger partial charge in [-0.15, -0.1) is 0 Å². The Morgan fingerprint density at radius 3 is 2.38 bits per heavy atom. The summed E-state index contributed by atoms with van der Waals surface area (Å²) in [5, 5.41) is 47.8. The molecule has 0 aromatic carbocycles. The lowest BCUT2D eigenvalue weighted by atomic mass is 9.99. The van der Waals surface area contributed by atoms with Crippen molar-refractivity contribution in [3.05, 3.63) is 0 Å². The highest BCUT2D eigenvalue weighted by atomic mass is 16.7. The summed E-state index contributed by atoms with van der Waals surface area (Å²) in [6.45, 7) is 1.77. The molecule has 0 aromatic rings. The summed E-state index contributed by atoms with van der Waals surface area (Å²) in [7, 11) is 0. The molecule has 1 aliphatic heterocycles. The third-order valence-corrected chi connectivity index (χ3v) is 3.72. The predicted octanol–water partition coefficient (Wildman–Crippen LogP) is -0.866. The molecular formula is C14H28O7. The lowest BCUT2D eigenvalue weighted by molar-refractivity contribution is -0.301. The Morgan fingerprint density at radius 2 is 1.76 bits per heavy atom. The fourth-order valence-corrected chi connectivity index (χ4v) is 2.30. The van der Waals surface area contributed by atoms with E-state index >= 15 is 0 Å².